The van der Waals surface area contributed by atoms with Gasteiger partial charge < -0.3 is 15.4 Å². The number of methoxy groups -OCH3 is 1. The summed E-state index contributed by atoms with van der Waals surface area (Å²) in [6, 6.07) is 14.3. The molecule has 0 aromatic heterocycles. The van der Waals surface area contributed by atoms with Crippen LogP contribution in [0.15, 0.2) is 48.5 Å². The van der Waals surface area contributed by atoms with Gasteiger partial charge >= 0.3 is 6.03 Å². The molecule has 0 unspecified atom stereocenters. The van der Waals surface area contributed by atoms with Crippen molar-refractivity contribution in [2.24, 2.45) is 0 Å². The third-order valence-electron chi connectivity index (χ3n) is 5.18. The number of ether oxygens (including phenoxy) is 1. The predicted molar refractivity (Wildman–Crippen MR) is 108 cm³/mol. The molecule has 2 amide bonds. The van der Waals surface area contributed by atoms with E-state index in [-0.39, 0.29) is 23.9 Å². The maximum atomic E-state index is 13.6. The zero-order chi connectivity index (χ0) is 19.9. The summed E-state index contributed by atoms with van der Waals surface area (Å²) < 4.78 is 18.8. The summed E-state index contributed by atoms with van der Waals surface area (Å²) in [6.07, 6.45) is 1.83. The lowest BCUT2D eigenvalue weighted by Crippen LogP contribution is -2.48. The number of carbonyl (C=O) groups excluding carboxylic acids is 1. The zero-order valence-electron chi connectivity index (χ0n) is 16.5. The van der Waals surface area contributed by atoms with Crippen molar-refractivity contribution in [2.75, 3.05) is 20.2 Å². The minimum Gasteiger partial charge on any atom is -0.496 e. The van der Waals surface area contributed by atoms with E-state index in [1.54, 1.807) is 6.07 Å². The summed E-state index contributed by atoms with van der Waals surface area (Å²) >= 11 is 0. The van der Waals surface area contributed by atoms with Gasteiger partial charge in [-0.15, -0.1) is 0 Å². The van der Waals surface area contributed by atoms with Gasteiger partial charge in [0.1, 0.15) is 11.6 Å². The van der Waals surface area contributed by atoms with Crippen LogP contribution in [0.2, 0.25) is 0 Å². The van der Waals surface area contributed by atoms with Crippen LogP contribution in [-0.2, 0) is 6.54 Å². The molecule has 2 N–H and O–H groups in total. The second-order valence-electron chi connectivity index (χ2n) is 7.26. The van der Waals surface area contributed by atoms with E-state index in [4.69, 9.17) is 4.74 Å². The number of nitrogens with zero attached hydrogens (tertiary/aromatic N) is 1. The van der Waals surface area contributed by atoms with Gasteiger partial charge in [-0.3, -0.25) is 4.90 Å². The number of likely N-dealkylation sites (tertiary alicyclic amines) is 1. The van der Waals surface area contributed by atoms with Gasteiger partial charge in [-0.25, -0.2) is 9.18 Å². The average molecular weight is 385 g/mol. The van der Waals surface area contributed by atoms with Gasteiger partial charge in [0.25, 0.3) is 0 Å². The lowest BCUT2D eigenvalue weighted by molar-refractivity contribution is 0.186. The highest BCUT2D eigenvalue weighted by Gasteiger charge is 2.22. The molecular weight excluding hydrogens is 357 g/mol. The molecule has 0 radical (unpaired) electrons. The third kappa shape index (κ3) is 5.45. The highest BCUT2D eigenvalue weighted by atomic mass is 19.1. The molecule has 0 spiro atoms. The quantitative estimate of drug-likeness (QED) is 0.794. The number of rotatable bonds is 6. The van der Waals surface area contributed by atoms with Crippen molar-refractivity contribution in [1.82, 2.24) is 15.5 Å². The Kier molecular flexibility index (Phi) is 6.87. The summed E-state index contributed by atoms with van der Waals surface area (Å²) in [6.45, 7) is 4.66. The summed E-state index contributed by atoms with van der Waals surface area (Å²) in [5.41, 5.74) is 1.93. The number of carbonyl (C=O) groups is 1. The predicted octanol–water partition coefficient (Wildman–Crippen LogP) is 3.86. The van der Waals surface area contributed by atoms with Gasteiger partial charge in [0.05, 0.1) is 13.2 Å². The first-order chi connectivity index (χ1) is 13.5. The van der Waals surface area contributed by atoms with Gasteiger partial charge in [-0.1, -0.05) is 30.3 Å². The van der Waals surface area contributed by atoms with Gasteiger partial charge in [-0.2, -0.15) is 0 Å². The molecule has 1 saturated heterocycles. The van der Waals surface area contributed by atoms with E-state index in [0.29, 0.717) is 11.3 Å². The maximum Gasteiger partial charge on any atom is 0.315 e. The molecule has 1 atom stereocenters. The van der Waals surface area contributed by atoms with Crippen LogP contribution in [-0.4, -0.2) is 37.2 Å². The summed E-state index contributed by atoms with van der Waals surface area (Å²) in [5.74, 6) is 0.207. The van der Waals surface area contributed by atoms with Crippen LogP contribution < -0.4 is 15.4 Å². The van der Waals surface area contributed by atoms with E-state index in [0.717, 1.165) is 32.5 Å². The zero-order valence-corrected chi connectivity index (χ0v) is 16.5. The molecule has 150 valence electrons. The fourth-order valence-electron chi connectivity index (χ4n) is 3.62. The van der Waals surface area contributed by atoms with Crippen LogP contribution in [0.25, 0.3) is 0 Å². The number of hydrogen-bond donors (Lipinski definition) is 2. The molecule has 1 heterocycles. The Morgan fingerprint density at radius 1 is 1.21 bits per heavy atom. The number of hydrogen-bond acceptors (Lipinski definition) is 3. The molecule has 6 heteroatoms. The van der Waals surface area contributed by atoms with E-state index < -0.39 is 0 Å². The van der Waals surface area contributed by atoms with Crippen LogP contribution in [0, 0.1) is 5.82 Å². The fourth-order valence-corrected chi connectivity index (χ4v) is 3.62. The van der Waals surface area contributed by atoms with Crippen LogP contribution >= 0.6 is 0 Å². The fraction of sp³-hybridized carbons (Fsp3) is 0.409. The molecule has 0 saturated carbocycles. The monoisotopic (exact) mass is 385 g/mol. The normalized spacial score (nSPS) is 16.4. The van der Waals surface area contributed by atoms with E-state index in [1.807, 2.05) is 13.0 Å². The van der Waals surface area contributed by atoms with Crippen LogP contribution in [0.3, 0.4) is 0 Å². The van der Waals surface area contributed by atoms with E-state index >= 15 is 0 Å². The van der Waals surface area contributed by atoms with E-state index in [1.165, 1.54) is 24.8 Å². The van der Waals surface area contributed by atoms with Gasteiger partial charge in [0, 0.05) is 31.2 Å². The standard InChI is InChI=1S/C22H28FN3O2/c1-16(20-14-18(23)8-9-21(20)28-2)24-22(27)25-19-10-12-26(13-11-19)15-17-6-4-3-5-7-17/h3-9,14,16,19H,10-13,15H2,1-2H3,(H2,24,25,27)/t16-/m0/s1. The van der Waals surface area contributed by atoms with Crippen LogP contribution in [0.1, 0.15) is 36.9 Å². The van der Waals surface area contributed by atoms with Crippen molar-refractivity contribution in [3.05, 3.63) is 65.5 Å². The number of benzene rings is 2. The Morgan fingerprint density at radius 2 is 1.93 bits per heavy atom. The highest BCUT2D eigenvalue weighted by molar-refractivity contribution is 5.74. The molecule has 1 aliphatic rings. The van der Waals surface area contributed by atoms with Crippen molar-refractivity contribution >= 4 is 6.03 Å². The lowest BCUT2D eigenvalue weighted by atomic mass is 10.0. The maximum absolute atomic E-state index is 13.6. The molecule has 0 bridgehead atoms. The average Bonchev–Trinajstić information content (AvgIpc) is 2.70. The van der Waals surface area contributed by atoms with Crippen LogP contribution in [0.5, 0.6) is 5.75 Å². The summed E-state index contributed by atoms with van der Waals surface area (Å²) in [7, 11) is 1.53. The third-order valence-corrected chi connectivity index (χ3v) is 5.18. The van der Waals surface area contributed by atoms with Gasteiger partial charge in [0.2, 0.25) is 0 Å². The van der Waals surface area contributed by atoms with Crippen molar-refractivity contribution in [1.29, 1.82) is 0 Å². The molecule has 3 rings (SSSR count). The van der Waals surface area contributed by atoms with Gasteiger partial charge in [0.15, 0.2) is 0 Å². The summed E-state index contributed by atoms with van der Waals surface area (Å²) in [5, 5.41) is 5.93. The molecule has 1 fully saturated rings. The Hall–Kier alpha value is -2.60. The molecule has 2 aromatic carbocycles. The van der Waals surface area contributed by atoms with Crippen molar-refractivity contribution in [2.45, 2.75) is 38.4 Å². The number of piperidine rings is 1. The minimum atomic E-state index is -0.358. The number of amides is 2. The second kappa shape index (κ2) is 9.55. The Balaban J connectivity index is 1.46. The number of nitrogens with one attached hydrogen (secondary N) is 2. The number of halogens is 1. The van der Waals surface area contributed by atoms with E-state index in [2.05, 4.69) is 39.8 Å². The first-order valence-electron chi connectivity index (χ1n) is 9.72. The Labute approximate surface area is 165 Å². The smallest absolute Gasteiger partial charge is 0.315 e. The first-order valence-corrected chi connectivity index (χ1v) is 9.72. The Bertz CT molecular complexity index is 777. The van der Waals surface area contributed by atoms with Gasteiger partial charge in [-0.05, 0) is 43.5 Å². The SMILES string of the molecule is COc1ccc(F)cc1[C@H](C)NC(=O)NC1CCN(Cc2ccccc2)CC1. The molecule has 2 aromatic rings. The highest BCUT2D eigenvalue weighted by Crippen LogP contribution is 2.25. The van der Waals surface area contributed by atoms with Crippen LogP contribution in [0.4, 0.5) is 9.18 Å². The van der Waals surface area contributed by atoms with E-state index in [9.17, 15) is 9.18 Å². The molecule has 0 aliphatic carbocycles. The minimum absolute atomic E-state index is 0.147. The molecule has 5 nitrogen and oxygen atoms in total. The topological polar surface area (TPSA) is 53.6 Å². The first kappa shape index (κ1) is 20.1. The Morgan fingerprint density at radius 3 is 2.61 bits per heavy atom. The van der Waals surface area contributed by atoms with Crippen molar-refractivity contribution in [3.8, 4) is 5.75 Å². The molecular formula is C22H28FN3O2. The summed E-state index contributed by atoms with van der Waals surface area (Å²) in [4.78, 5) is 14.8. The molecule has 28 heavy (non-hydrogen) atoms. The number of urea groups is 1. The van der Waals surface area contributed by atoms with Crippen molar-refractivity contribution in [3.63, 3.8) is 0 Å². The second-order valence-corrected chi connectivity index (χ2v) is 7.26. The molecule has 1 aliphatic heterocycles. The van der Waals surface area contributed by atoms with Crippen molar-refractivity contribution < 1.29 is 13.9 Å². The largest absolute Gasteiger partial charge is 0.496 e. The lowest BCUT2D eigenvalue weighted by Gasteiger charge is -2.32.